The second-order valence-corrected chi connectivity index (χ2v) is 5.49. The maximum Gasteiger partial charge on any atom is 0.167 e. The van der Waals surface area contributed by atoms with Crippen LogP contribution < -0.4 is 15.2 Å². The summed E-state index contributed by atoms with van der Waals surface area (Å²) in [6.07, 6.45) is 2.20. The molecular weight excluding hydrogens is 257 g/mol. The maximum absolute atomic E-state index is 13.9. The highest BCUT2D eigenvalue weighted by Crippen LogP contribution is 2.58. The number of rotatable bonds is 2. The number of benzene rings is 2. The molecule has 20 heavy (non-hydrogen) atoms. The van der Waals surface area contributed by atoms with Gasteiger partial charge in [0.2, 0.25) is 0 Å². The smallest absolute Gasteiger partial charge is 0.167 e. The lowest BCUT2D eigenvalue weighted by Gasteiger charge is -2.13. The van der Waals surface area contributed by atoms with Crippen molar-refractivity contribution in [2.45, 2.75) is 18.3 Å². The Balaban J connectivity index is 1.75. The molecule has 2 aromatic carbocycles. The number of halogens is 1. The van der Waals surface area contributed by atoms with Crippen molar-refractivity contribution < 1.29 is 13.9 Å². The SMILES string of the molecule is Nc1ccc(Oc2cccc3c2C2(CC2)CO3)c(F)c1. The molecule has 4 heteroatoms. The molecule has 1 heterocycles. The topological polar surface area (TPSA) is 44.5 Å². The molecular formula is C16H14FNO2. The van der Waals surface area contributed by atoms with E-state index in [-0.39, 0.29) is 11.2 Å². The first-order chi connectivity index (χ1) is 9.68. The number of nitrogen functional groups attached to an aromatic ring is 1. The highest BCUT2D eigenvalue weighted by molar-refractivity contribution is 5.57. The van der Waals surface area contributed by atoms with Gasteiger partial charge in [0.1, 0.15) is 11.5 Å². The highest BCUT2D eigenvalue weighted by atomic mass is 19.1. The second-order valence-electron chi connectivity index (χ2n) is 5.49. The van der Waals surface area contributed by atoms with Crippen molar-refractivity contribution in [3.63, 3.8) is 0 Å². The van der Waals surface area contributed by atoms with E-state index in [0.29, 0.717) is 18.0 Å². The molecule has 4 rings (SSSR count). The third-order valence-electron chi connectivity index (χ3n) is 4.05. The Bertz CT molecular complexity index is 695. The van der Waals surface area contributed by atoms with Gasteiger partial charge < -0.3 is 15.2 Å². The zero-order valence-corrected chi connectivity index (χ0v) is 10.9. The van der Waals surface area contributed by atoms with Crippen LogP contribution in [0.4, 0.5) is 10.1 Å². The summed E-state index contributed by atoms with van der Waals surface area (Å²) in [5.74, 6) is 1.28. The van der Waals surface area contributed by atoms with E-state index in [1.54, 1.807) is 12.1 Å². The number of anilines is 1. The van der Waals surface area contributed by atoms with E-state index in [9.17, 15) is 4.39 Å². The number of hydrogen-bond donors (Lipinski definition) is 1. The molecule has 0 atom stereocenters. The van der Waals surface area contributed by atoms with Gasteiger partial charge in [0.05, 0.1) is 6.61 Å². The number of fused-ring (bicyclic) bond motifs is 2. The first-order valence-electron chi connectivity index (χ1n) is 6.67. The first kappa shape index (κ1) is 11.6. The van der Waals surface area contributed by atoms with Crippen molar-refractivity contribution in [2.24, 2.45) is 0 Å². The zero-order chi connectivity index (χ0) is 13.7. The highest BCUT2D eigenvalue weighted by Gasteiger charge is 2.52. The summed E-state index contributed by atoms with van der Waals surface area (Å²) in [6, 6.07) is 10.1. The van der Waals surface area contributed by atoms with Crippen LogP contribution in [0.1, 0.15) is 18.4 Å². The van der Waals surface area contributed by atoms with E-state index in [1.165, 1.54) is 6.07 Å². The van der Waals surface area contributed by atoms with Crippen LogP contribution in [0.25, 0.3) is 0 Å². The molecule has 1 fully saturated rings. The third-order valence-corrected chi connectivity index (χ3v) is 4.05. The van der Waals surface area contributed by atoms with Crippen LogP contribution in [0, 0.1) is 5.82 Å². The van der Waals surface area contributed by atoms with Crippen LogP contribution in [0.2, 0.25) is 0 Å². The Kier molecular flexibility index (Phi) is 2.25. The quantitative estimate of drug-likeness (QED) is 0.848. The standard InChI is InChI=1S/C16H14FNO2/c17-11-8-10(18)4-5-12(11)20-14-3-1-2-13-15(14)16(6-7-16)9-19-13/h1-5,8H,6-7,9,18H2. The van der Waals surface area contributed by atoms with Gasteiger partial charge in [-0.25, -0.2) is 4.39 Å². The Hall–Kier alpha value is -2.23. The van der Waals surface area contributed by atoms with Crippen molar-refractivity contribution in [1.29, 1.82) is 0 Å². The Morgan fingerprint density at radius 3 is 2.75 bits per heavy atom. The second kappa shape index (κ2) is 3.88. The van der Waals surface area contributed by atoms with E-state index in [2.05, 4.69) is 0 Å². The van der Waals surface area contributed by atoms with Gasteiger partial charge in [0.15, 0.2) is 11.6 Å². The van der Waals surface area contributed by atoms with Crippen LogP contribution in [0.15, 0.2) is 36.4 Å². The lowest BCUT2D eigenvalue weighted by molar-refractivity contribution is 0.323. The molecule has 1 spiro atoms. The normalized spacial score (nSPS) is 17.6. The third kappa shape index (κ3) is 1.64. The largest absolute Gasteiger partial charge is 0.492 e. The van der Waals surface area contributed by atoms with Crippen molar-refractivity contribution in [2.75, 3.05) is 12.3 Å². The van der Waals surface area contributed by atoms with E-state index in [0.717, 1.165) is 24.2 Å². The van der Waals surface area contributed by atoms with Gasteiger partial charge in [-0.2, -0.15) is 0 Å². The number of ether oxygens (including phenoxy) is 2. The fourth-order valence-electron chi connectivity index (χ4n) is 2.79. The van der Waals surface area contributed by atoms with Gasteiger partial charge in [-0.05, 0) is 37.1 Å². The molecule has 1 saturated carbocycles. The lowest BCUT2D eigenvalue weighted by Crippen LogP contribution is -2.08. The minimum Gasteiger partial charge on any atom is -0.492 e. The van der Waals surface area contributed by atoms with Gasteiger partial charge in [-0.3, -0.25) is 0 Å². The predicted molar refractivity (Wildman–Crippen MR) is 73.7 cm³/mol. The lowest BCUT2D eigenvalue weighted by atomic mass is 9.97. The van der Waals surface area contributed by atoms with Crippen LogP contribution in [0.5, 0.6) is 17.2 Å². The summed E-state index contributed by atoms with van der Waals surface area (Å²) in [5, 5.41) is 0. The van der Waals surface area contributed by atoms with Crippen molar-refractivity contribution in [1.82, 2.24) is 0 Å². The number of nitrogens with two attached hydrogens (primary N) is 1. The molecule has 0 bridgehead atoms. The summed E-state index contributed by atoms with van der Waals surface area (Å²) in [5.41, 5.74) is 7.11. The fourth-order valence-corrected chi connectivity index (χ4v) is 2.79. The summed E-state index contributed by atoms with van der Waals surface area (Å²) in [4.78, 5) is 0. The summed E-state index contributed by atoms with van der Waals surface area (Å²) in [6.45, 7) is 0.701. The van der Waals surface area contributed by atoms with Gasteiger partial charge in [0.25, 0.3) is 0 Å². The van der Waals surface area contributed by atoms with Crippen LogP contribution in [-0.2, 0) is 5.41 Å². The summed E-state index contributed by atoms with van der Waals surface area (Å²) < 4.78 is 25.3. The zero-order valence-electron chi connectivity index (χ0n) is 10.9. The number of hydrogen-bond acceptors (Lipinski definition) is 3. The maximum atomic E-state index is 13.9. The van der Waals surface area contributed by atoms with Gasteiger partial charge in [-0.15, -0.1) is 0 Å². The molecule has 0 unspecified atom stereocenters. The molecule has 2 aliphatic rings. The molecule has 0 saturated heterocycles. The van der Waals surface area contributed by atoms with Crippen LogP contribution in [0.3, 0.4) is 0 Å². The van der Waals surface area contributed by atoms with Crippen molar-refractivity contribution in [3.8, 4) is 17.2 Å². The van der Waals surface area contributed by atoms with E-state index < -0.39 is 5.82 Å². The average molecular weight is 271 g/mol. The molecule has 2 N–H and O–H groups in total. The molecule has 1 aliphatic heterocycles. The average Bonchev–Trinajstić information content (AvgIpc) is 3.10. The molecule has 3 nitrogen and oxygen atoms in total. The Morgan fingerprint density at radius 1 is 1.15 bits per heavy atom. The van der Waals surface area contributed by atoms with E-state index in [1.807, 2.05) is 18.2 Å². The molecule has 0 amide bonds. The van der Waals surface area contributed by atoms with Gasteiger partial charge in [-0.1, -0.05) is 6.07 Å². The minimum absolute atomic E-state index is 0.0935. The summed E-state index contributed by atoms with van der Waals surface area (Å²) >= 11 is 0. The molecule has 102 valence electrons. The van der Waals surface area contributed by atoms with Gasteiger partial charge in [0, 0.05) is 22.7 Å². The van der Waals surface area contributed by atoms with Gasteiger partial charge >= 0.3 is 0 Å². The molecule has 2 aromatic rings. The van der Waals surface area contributed by atoms with E-state index in [4.69, 9.17) is 15.2 Å². The minimum atomic E-state index is -0.452. The molecule has 0 aromatic heterocycles. The molecule has 0 radical (unpaired) electrons. The molecule has 1 aliphatic carbocycles. The Labute approximate surface area is 116 Å². The monoisotopic (exact) mass is 271 g/mol. The summed E-state index contributed by atoms with van der Waals surface area (Å²) in [7, 11) is 0. The van der Waals surface area contributed by atoms with E-state index >= 15 is 0 Å². The fraction of sp³-hybridized carbons (Fsp3) is 0.250. The first-order valence-corrected chi connectivity index (χ1v) is 6.67. The Morgan fingerprint density at radius 2 is 2.00 bits per heavy atom. The van der Waals surface area contributed by atoms with Crippen molar-refractivity contribution >= 4 is 5.69 Å². The van der Waals surface area contributed by atoms with Crippen molar-refractivity contribution in [3.05, 3.63) is 47.8 Å². The predicted octanol–water partition coefficient (Wildman–Crippen LogP) is 3.62. The van der Waals surface area contributed by atoms with Crippen LogP contribution >= 0.6 is 0 Å². The van der Waals surface area contributed by atoms with Crippen LogP contribution in [-0.4, -0.2) is 6.61 Å².